The molecule has 0 saturated heterocycles. The highest BCUT2D eigenvalue weighted by molar-refractivity contribution is 7.92. The van der Waals surface area contributed by atoms with Crippen LogP contribution in [-0.2, 0) is 23.0 Å². The summed E-state index contributed by atoms with van der Waals surface area (Å²) in [5, 5.41) is 11.6. The lowest BCUT2D eigenvalue weighted by Crippen LogP contribution is -2.17. The molecule has 1 aliphatic rings. The van der Waals surface area contributed by atoms with Crippen molar-refractivity contribution in [1.29, 1.82) is 0 Å². The van der Waals surface area contributed by atoms with Crippen LogP contribution >= 0.6 is 0 Å². The van der Waals surface area contributed by atoms with Crippen LogP contribution < -0.4 is 14.8 Å². The summed E-state index contributed by atoms with van der Waals surface area (Å²) in [5.41, 5.74) is 2.68. The molecule has 2 heterocycles. The van der Waals surface area contributed by atoms with Gasteiger partial charge in [-0.1, -0.05) is 12.5 Å². The number of hydrogen-bond donors (Lipinski definition) is 2. The summed E-state index contributed by atoms with van der Waals surface area (Å²) in [4.78, 5) is 13.0. The van der Waals surface area contributed by atoms with Crippen LogP contribution in [0.15, 0.2) is 71.6 Å². The Hall–Kier alpha value is -4.18. The highest BCUT2D eigenvalue weighted by atomic mass is 32.2. The number of anilines is 2. The van der Waals surface area contributed by atoms with Gasteiger partial charge < -0.3 is 14.6 Å². The third kappa shape index (κ3) is 5.40. The van der Waals surface area contributed by atoms with Crippen molar-refractivity contribution in [3.8, 4) is 17.1 Å². The minimum Gasteiger partial charge on any atom is -0.497 e. The van der Waals surface area contributed by atoms with E-state index in [0.717, 1.165) is 43.0 Å². The van der Waals surface area contributed by atoms with Crippen molar-refractivity contribution in [3.63, 3.8) is 0 Å². The standard InChI is InChI=1S/C28H29N5O4S/c1-19-7-8-21(18-25(19)38(35,36)32-23-13-15-24(37-2)16-14-23)28(34)29-22-11-9-20(10-12-22)27-31-30-26-6-4-3-5-17-33(26)27/h7-16,18,32H,3-6,17H2,1-2H3,(H,29,34). The maximum atomic E-state index is 13.1. The predicted molar refractivity (Wildman–Crippen MR) is 146 cm³/mol. The van der Waals surface area contributed by atoms with Crippen LogP contribution in [0.3, 0.4) is 0 Å². The quantitative estimate of drug-likeness (QED) is 0.345. The minimum atomic E-state index is -3.92. The molecule has 1 aromatic heterocycles. The number of sulfonamides is 1. The molecule has 0 bridgehead atoms. The van der Waals surface area contributed by atoms with Crippen molar-refractivity contribution < 1.29 is 17.9 Å². The van der Waals surface area contributed by atoms with E-state index in [1.165, 1.54) is 19.6 Å². The lowest BCUT2D eigenvalue weighted by atomic mass is 10.1. The highest BCUT2D eigenvalue weighted by Crippen LogP contribution is 2.26. The first-order chi connectivity index (χ1) is 18.3. The molecule has 0 atom stereocenters. The highest BCUT2D eigenvalue weighted by Gasteiger charge is 2.20. The van der Waals surface area contributed by atoms with Crippen LogP contribution in [0.4, 0.5) is 11.4 Å². The molecule has 0 radical (unpaired) electrons. The molecular formula is C28H29N5O4S. The molecular weight excluding hydrogens is 502 g/mol. The van der Waals surface area contributed by atoms with E-state index in [1.807, 2.05) is 24.3 Å². The van der Waals surface area contributed by atoms with Gasteiger partial charge in [0.1, 0.15) is 11.6 Å². The number of nitrogens with one attached hydrogen (secondary N) is 2. The fourth-order valence-electron chi connectivity index (χ4n) is 4.50. The van der Waals surface area contributed by atoms with E-state index in [0.29, 0.717) is 22.7 Å². The number of rotatable bonds is 7. The predicted octanol–water partition coefficient (Wildman–Crippen LogP) is 5.04. The number of nitrogens with zero attached hydrogens (tertiary/aromatic N) is 3. The Morgan fingerprint density at radius 2 is 1.66 bits per heavy atom. The van der Waals surface area contributed by atoms with E-state index < -0.39 is 15.9 Å². The zero-order valence-corrected chi connectivity index (χ0v) is 22.1. The summed E-state index contributed by atoms with van der Waals surface area (Å²) in [6.45, 7) is 2.59. The van der Waals surface area contributed by atoms with Crippen LogP contribution in [0, 0.1) is 6.92 Å². The Labute approximate surface area is 221 Å². The lowest BCUT2D eigenvalue weighted by molar-refractivity contribution is 0.102. The zero-order chi connectivity index (χ0) is 26.7. The molecule has 5 rings (SSSR count). The Bertz CT molecular complexity index is 1560. The Morgan fingerprint density at radius 1 is 0.921 bits per heavy atom. The third-order valence-electron chi connectivity index (χ3n) is 6.59. The Morgan fingerprint density at radius 3 is 2.39 bits per heavy atom. The molecule has 0 aliphatic carbocycles. The summed E-state index contributed by atoms with van der Waals surface area (Å²) in [6, 6.07) is 18.6. The van der Waals surface area contributed by atoms with E-state index >= 15 is 0 Å². The normalized spacial score (nSPS) is 13.3. The number of aromatic nitrogens is 3. The molecule has 0 saturated carbocycles. The molecule has 196 valence electrons. The molecule has 2 N–H and O–H groups in total. The summed E-state index contributed by atoms with van der Waals surface area (Å²) >= 11 is 0. The molecule has 0 fully saturated rings. The van der Waals surface area contributed by atoms with Gasteiger partial charge in [-0.2, -0.15) is 0 Å². The van der Waals surface area contributed by atoms with E-state index in [2.05, 4.69) is 24.8 Å². The van der Waals surface area contributed by atoms with Crippen LogP contribution in [0.25, 0.3) is 11.4 Å². The first kappa shape index (κ1) is 25.5. The van der Waals surface area contributed by atoms with E-state index in [9.17, 15) is 13.2 Å². The van der Waals surface area contributed by atoms with Gasteiger partial charge >= 0.3 is 0 Å². The number of benzene rings is 3. The molecule has 38 heavy (non-hydrogen) atoms. The van der Waals surface area contributed by atoms with Crippen LogP contribution in [0.1, 0.15) is 41.0 Å². The van der Waals surface area contributed by atoms with Crippen molar-refractivity contribution in [2.75, 3.05) is 17.1 Å². The van der Waals surface area contributed by atoms with Crippen molar-refractivity contribution >= 4 is 27.3 Å². The van der Waals surface area contributed by atoms with Gasteiger partial charge in [0.25, 0.3) is 15.9 Å². The summed E-state index contributed by atoms with van der Waals surface area (Å²) in [6.07, 6.45) is 4.36. The molecule has 9 nitrogen and oxygen atoms in total. The smallest absolute Gasteiger partial charge is 0.262 e. The monoisotopic (exact) mass is 531 g/mol. The number of fused-ring (bicyclic) bond motifs is 1. The second-order valence-electron chi connectivity index (χ2n) is 9.25. The van der Waals surface area contributed by atoms with Crippen LogP contribution in [-0.4, -0.2) is 36.2 Å². The van der Waals surface area contributed by atoms with E-state index in [1.54, 1.807) is 43.3 Å². The first-order valence-corrected chi connectivity index (χ1v) is 13.9. The summed E-state index contributed by atoms with van der Waals surface area (Å²) < 4.78 is 36.0. The van der Waals surface area contributed by atoms with Gasteiger partial charge in [-0.25, -0.2) is 8.42 Å². The zero-order valence-electron chi connectivity index (χ0n) is 21.3. The average Bonchev–Trinajstić information content (AvgIpc) is 3.17. The van der Waals surface area contributed by atoms with E-state index in [-0.39, 0.29) is 10.5 Å². The SMILES string of the molecule is COc1ccc(NS(=O)(=O)c2cc(C(=O)Nc3ccc(-c4nnc5n4CCCCC5)cc3)ccc2C)cc1. The second kappa shape index (κ2) is 10.7. The summed E-state index contributed by atoms with van der Waals surface area (Å²) in [5.74, 6) is 2.06. The molecule has 3 aromatic carbocycles. The van der Waals surface area contributed by atoms with E-state index in [4.69, 9.17) is 4.74 Å². The van der Waals surface area contributed by atoms with Crippen LogP contribution in [0.5, 0.6) is 5.75 Å². The number of aryl methyl sites for hydroxylation is 2. The largest absolute Gasteiger partial charge is 0.497 e. The van der Waals surface area contributed by atoms with Gasteiger partial charge in [-0.3, -0.25) is 9.52 Å². The molecule has 1 aliphatic heterocycles. The first-order valence-electron chi connectivity index (χ1n) is 12.5. The Balaban J connectivity index is 1.32. The van der Waals surface area contributed by atoms with Crippen molar-refractivity contribution in [2.45, 2.75) is 44.0 Å². The number of carbonyl (C=O) groups excluding carboxylic acids is 1. The number of ether oxygens (including phenoxy) is 1. The maximum absolute atomic E-state index is 13.1. The lowest BCUT2D eigenvalue weighted by Gasteiger charge is -2.13. The van der Waals surface area contributed by atoms with Gasteiger partial charge in [-0.15, -0.1) is 10.2 Å². The van der Waals surface area contributed by atoms with Gasteiger partial charge in [0.05, 0.1) is 12.0 Å². The van der Waals surface area contributed by atoms with Crippen molar-refractivity contribution in [3.05, 3.63) is 83.7 Å². The second-order valence-corrected chi connectivity index (χ2v) is 10.9. The molecule has 4 aromatic rings. The summed E-state index contributed by atoms with van der Waals surface area (Å²) in [7, 11) is -2.38. The number of amides is 1. The fraction of sp³-hybridized carbons (Fsp3) is 0.250. The number of methoxy groups -OCH3 is 1. The third-order valence-corrected chi connectivity index (χ3v) is 8.12. The molecule has 0 spiro atoms. The average molecular weight is 532 g/mol. The van der Waals surface area contributed by atoms with Gasteiger partial charge in [0.15, 0.2) is 5.82 Å². The van der Waals surface area contributed by atoms with Crippen molar-refractivity contribution in [1.82, 2.24) is 14.8 Å². The van der Waals surface area contributed by atoms with Gasteiger partial charge in [0, 0.05) is 35.5 Å². The molecule has 1 amide bonds. The molecule has 10 heteroatoms. The molecule has 0 unspecified atom stereocenters. The van der Waals surface area contributed by atoms with Crippen LogP contribution in [0.2, 0.25) is 0 Å². The number of hydrogen-bond acceptors (Lipinski definition) is 6. The van der Waals surface area contributed by atoms with Gasteiger partial charge in [0.2, 0.25) is 0 Å². The van der Waals surface area contributed by atoms with Crippen molar-refractivity contribution in [2.24, 2.45) is 0 Å². The number of carbonyl (C=O) groups is 1. The Kier molecular flexibility index (Phi) is 7.15. The topological polar surface area (TPSA) is 115 Å². The van der Waals surface area contributed by atoms with Gasteiger partial charge in [-0.05, 0) is 86.0 Å². The minimum absolute atomic E-state index is 0.0313. The fourth-order valence-corrected chi connectivity index (χ4v) is 5.83. The maximum Gasteiger partial charge on any atom is 0.262 e.